The quantitative estimate of drug-likeness (QED) is 0.753. The molecule has 3 aromatic rings. The Morgan fingerprint density at radius 3 is 2.63 bits per heavy atom. The molecular formula is C16H14FNO. The average molecular weight is 255 g/mol. The van der Waals surface area contributed by atoms with Gasteiger partial charge in [0.05, 0.1) is 6.04 Å². The van der Waals surface area contributed by atoms with E-state index in [0.717, 1.165) is 16.5 Å². The SMILES string of the molecule is Cc1cccc2cc(C(N)c3cccc(F)c3)oc12. The zero-order valence-electron chi connectivity index (χ0n) is 10.6. The molecule has 0 aliphatic carbocycles. The van der Waals surface area contributed by atoms with Gasteiger partial charge in [0.1, 0.15) is 17.2 Å². The molecule has 1 atom stereocenters. The lowest BCUT2D eigenvalue weighted by molar-refractivity contribution is 0.522. The van der Waals surface area contributed by atoms with Gasteiger partial charge >= 0.3 is 0 Å². The molecule has 0 fully saturated rings. The monoisotopic (exact) mass is 255 g/mol. The minimum Gasteiger partial charge on any atom is -0.459 e. The molecule has 96 valence electrons. The highest BCUT2D eigenvalue weighted by Gasteiger charge is 2.15. The number of hydrogen-bond acceptors (Lipinski definition) is 2. The third-order valence-corrected chi connectivity index (χ3v) is 3.27. The van der Waals surface area contributed by atoms with Crippen molar-refractivity contribution >= 4 is 11.0 Å². The molecule has 0 bridgehead atoms. The van der Waals surface area contributed by atoms with Crippen LogP contribution in [0.1, 0.15) is 22.9 Å². The molecule has 1 heterocycles. The van der Waals surface area contributed by atoms with Gasteiger partial charge in [-0.25, -0.2) is 4.39 Å². The highest BCUT2D eigenvalue weighted by Crippen LogP contribution is 2.28. The highest BCUT2D eigenvalue weighted by molar-refractivity contribution is 5.81. The average Bonchev–Trinajstić information content (AvgIpc) is 2.83. The normalized spacial score (nSPS) is 12.8. The maximum atomic E-state index is 13.2. The Labute approximate surface area is 110 Å². The maximum absolute atomic E-state index is 13.2. The van der Waals surface area contributed by atoms with Crippen molar-refractivity contribution < 1.29 is 8.81 Å². The Hall–Kier alpha value is -2.13. The topological polar surface area (TPSA) is 39.2 Å². The summed E-state index contributed by atoms with van der Waals surface area (Å²) in [4.78, 5) is 0. The summed E-state index contributed by atoms with van der Waals surface area (Å²) in [5, 5.41) is 1.02. The van der Waals surface area contributed by atoms with E-state index in [1.165, 1.54) is 12.1 Å². The zero-order valence-corrected chi connectivity index (χ0v) is 10.6. The van der Waals surface area contributed by atoms with Crippen LogP contribution < -0.4 is 5.73 Å². The fourth-order valence-electron chi connectivity index (χ4n) is 2.25. The van der Waals surface area contributed by atoms with Gasteiger partial charge in [0.25, 0.3) is 0 Å². The molecule has 0 saturated carbocycles. The zero-order chi connectivity index (χ0) is 13.4. The van der Waals surface area contributed by atoms with Crippen molar-refractivity contribution in [3.63, 3.8) is 0 Å². The molecule has 0 spiro atoms. The van der Waals surface area contributed by atoms with Crippen LogP contribution in [0.2, 0.25) is 0 Å². The standard InChI is InChI=1S/C16H14FNO/c1-10-4-2-6-12-9-14(19-16(10)12)15(18)11-5-3-7-13(17)8-11/h2-9,15H,18H2,1H3. The Morgan fingerprint density at radius 2 is 1.89 bits per heavy atom. The lowest BCUT2D eigenvalue weighted by Gasteiger charge is -2.08. The van der Waals surface area contributed by atoms with Crippen molar-refractivity contribution in [1.82, 2.24) is 0 Å². The Morgan fingerprint density at radius 1 is 1.11 bits per heavy atom. The van der Waals surface area contributed by atoms with E-state index >= 15 is 0 Å². The predicted octanol–water partition coefficient (Wildman–Crippen LogP) is 3.93. The summed E-state index contributed by atoms with van der Waals surface area (Å²) in [6.45, 7) is 1.99. The van der Waals surface area contributed by atoms with Gasteiger partial charge in [-0.15, -0.1) is 0 Å². The van der Waals surface area contributed by atoms with Gasteiger partial charge < -0.3 is 10.2 Å². The van der Waals surface area contributed by atoms with E-state index in [2.05, 4.69) is 0 Å². The number of nitrogens with two attached hydrogens (primary N) is 1. The van der Waals surface area contributed by atoms with Gasteiger partial charge in [-0.3, -0.25) is 0 Å². The summed E-state index contributed by atoms with van der Waals surface area (Å²) in [6, 6.07) is 13.7. The Balaban J connectivity index is 2.06. The smallest absolute Gasteiger partial charge is 0.137 e. The third-order valence-electron chi connectivity index (χ3n) is 3.27. The second-order valence-corrected chi connectivity index (χ2v) is 4.67. The van der Waals surface area contributed by atoms with Gasteiger partial charge in [0.2, 0.25) is 0 Å². The van der Waals surface area contributed by atoms with Crippen molar-refractivity contribution in [2.24, 2.45) is 5.73 Å². The van der Waals surface area contributed by atoms with Crippen LogP contribution in [0.25, 0.3) is 11.0 Å². The Bertz CT molecular complexity index is 732. The van der Waals surface area contributed by atoms with Gasteiger partial charge in [0.15, 0.2) is 0 Å². The van der Waals surface area contributed by atoms with Crippen LogP contribution in [0.15, 0.2) is 52.9 Å². The number of para-hydroxylation sites is 1. The van der Waals surface area contributed by atoms with E-state index < -0.39 is 6.04 Å². The number of furan rings is 1. The first-order valence-electron chi connectivity index (χ1n) is 6.15. The van der Waals surface area contributed by atoms with Gasteiger partial charge in [-0.1, -0.05) is 30.3 Å². The molecule has 0 aliphatic heterocycles. The number of halogens is 1. The van der Waals surface area contributed by atoms with Crippen LogP contribution in [0.3, 0.4) is 0 Å². The van der Waals surface area contributed by atoms with Crippen LogP contribution in [0.4, 0.5) is 4.39 Å². The summed E-state index contributed by atoms with van der Waals surface area (Å²) >= 11 is 0. The molecular weight excluding hydrogens is 241 g/mol. The van der Waals surface area contributed by atoms with Crippen LogP contribution >= 0.6 is 0 Å². The minimum absolute atomic E-state index is 0.291. The second-order valence-electron chi connectivity index (χ2n) is 4.67. The molecule has 0 amide bonds. The molecule has 1 aromatic heterocycles. The van der Waals surface area contributed by atoms with Crippen LogP contribution in [0.5, 0.6) is 0 Å². The summed E-state index contributed by atoms with van der Waals surface area (Å²) in [5.41, 5.74) is 8.75. The fourth-order valence-corrected chi connectivity index (χ4v) is 2.25. The van der Waals surface area contributed by atoms with Crippen LogP contribution in [-0.4, -0.2) is 0 Å². The van der Waals surface area contributed by atoms with E-state index in [1.807, 2.05) is 31.2 Å². The number of aryl methyl sites for hydroxylation is 1. The maximum Gasteiger partial charge on any atom is 0.137 e. The fraction of sp³-hybridized carbons (Fsp3) is 0.125. The molecule has 2 N–H and O–H groups in total. The van der Waals surface area contributed by atoms with Crippen molar-refractivity contribution in [1.29, 1.82) is 0 Å². The number of rotatable bonds is 2. The number of hydrogen-bond donors (Lipinski definition) is 1. The molecule has 0 aliphatic rings. The van der Waals surface area contributed by atoms with Crippen molar-refractivity contribution in [2.75, 3.05) is 0 Å². The molecule has 2 nitrogen and oxygen atoms in total. The molecule has 1 unspecified atom stereocenters. The summed E-state index contributed by atoms with van der Waals surface area (Å²) in [6.07, 6.45) is 0. The van der Waals surface area contributed by atoms with Gasteiger partial charge in [0, 0.05) is 5.39 Å². The predicted molar refractivity (Wildman–Crippen MR) is 73.4 cm³/mol. The molecule has 3 rings (SSSR count). The second kappa shape index (κ2) is 4.52. The van der Waals surface area contributed by atoms with Crippen LogP contribution in [0, 0.1) is 12.7 Å². The lowest BCUT2D eigenvalue weighted by atomic mass is 10.1. The molecule has 3 heteroatoms. The van der Waals surface area contributed by atoms with E-state index in [1.54, 1.807) is 12.1 Å². The molecule has 19 heavy (non-hydrogen) atoms. The third kappa shape index (κ3) is 2.13. The summed E-state index contributed by atoms with van der Waals surface area (Å²) in [5.74, 6) is 0.357. The van der Waals surface area contributed by atoms with E-state index in [-0.39, 0.29) is 5.82 Å². The minimum atomic E-state index is -0.456. The van der Waals surface area contributed by atoms with Crippen molar-refractivity contribution in [2.45, 2.75) is 13.0 Å². The van der Waals surface area contributed by atoms with Crippen LogP contribution in [-0.2, 0) is 0 Å². The first-order valence-corrected chi connectivity index (χ1v) is 6.15. The molecule has 2 aromatic carbocycles. The first-order chi connectivity index (χ1) is 9.15. The van der Waals surface area contributed by atoms with Gasteiger partial charge in [-0.05, 0) is 36.2 Å². The Kier molecular flexibility index (Phi) is 2.84. The van der Waals surface area contributed by atoms with Gasteiger partial charge in [-0.2, -0.15) is 0 Å². The molecule has 0 saturated heterocycles. The number of fused-ring (bicyclic) bond motifs is 1. The molecule has 0 radical (unpaired) electrons. The number of benzene rings is 2. The van der Waals surface area contributed by atoms with Crippen molar-refractivity contribution in [3.05, 3.63) is 71.2 Å². The van der Waals surface area contributed by atoms with E-state index in [0.29, 0.717) is 11.3 Å². The summed E-state index contributed by atoms with van der Waals surface area (Å²) in [7, 11) is 0. The lowest BCUT2D eigenvalue weighted by Crippen LogP contribution is -2.10. The van der Waals surface area contributed by atoms with E-state index in [9.17, 15) is 4.39 Å². The first kappa shape index (κ1) is 11.9. The largest absolute Gasteiger partial charge is 0.459 e. The highest BCUT2D eigenvalue weighted by atomic mass is 19.1. The van der Waals surface area contributed by atoms with Crippen molar-refractivity contribution in [3.8, 4) is 0 Å². The summed E-state index contributed by atoms with van der Waals surface area (Å²) < 4.78 is 19.0. The van der Waals surface area contributed by atoms with E-state index in [4.69, 9.17) is 10.2 Å².